The van der Waals surface area contributed by atoms with Gasteiger partial charge in [0.15, 0.2) is 0 Å². The molecule has 1 heterocycles. The fraction of sp³-hybridized carbons (Fsp3) is 0.105. The molecule has 1 aromatic heterocycles. The molecule has 0 amide bonds. The van der Waals surface area contributed by atoms with E-state index in [0.29, 0.717) is 4.88 Å². The molecule has 0 spiro atoms. The van der Waals surface area contributed by atoms with Gasteiger partial charge in [-0.15, -0.1) is 11.3 Å². The summed E-state index contributed by atoms with van der Waals surface area (Å²) in [6.07, 6.45) is 2.26. The Balaban J connectivity index is 0.000000188. The summed E-state index contributed by atoms with van der Waals surface area (Å²) in [4.78, 5) is 10.5. The summed E-state index contributed by atoms with van der Waals surface area (Å²) >= 11 is 1.23. The lowest BCUT2D eigenvalue weighted by Crippen LogP contribution is -1.89. The van der Waals surface area contributed by atoms with Crippen molar-refractivity contribution in [2.45, 2.75) is 12.8 Å². The highest BCUT2D eigenvalue weighted by Crippen LogP contribution is 2.07. The maximum absolute atomic E-state index is 10.1. The summed E-state index contributed by atoms with van der Waals surface area (Å²) in [5, 5.41) is 10.0. The molecule has 112 valence electrons. The molecule has 0 atom stereocenters. The molecule has 0 bridgehead atoms. The summed E-state index contributed by atoms with van der Waals surface area (Å²) in [5.41, 5.74) is 2.83. The second-order valence-corrected chi connectivity index (χ2v) is 5.70. The first-order chi connectivity index (χ1) is 10.8. The molecule has 0 fully saturated rings. The van der Waals surface area contributed by atoms with Crippen LogP contribution in [0.1, 0.15) is 20.8 Å². The van der Waals surface area contributed by atoms with E-state index in [1.807, 2.05) is 0 Å². The lowest BCUT2D eigenvalue weighted by atomic mass is 10.0. The van der Waals surface area contributed by atoms with Crippen LogP contribution in [0.5, 0.6) is 0 Å². The van der Waals surface area contributed by atoms with Crippen LogP contribution in [-0.4, -0.2) is 11.1 Å². The molecule has 0 aliphatic carbocycles. The zero-order valence-corrected chi connectivity index (χ0v) is 13.0. The smallest absolute Gasteiger partial charge is 0.345 e. The van der Waals surface area contributed by atoms with Gasteiger partial charge in [0.25, 0.3) is 0 Å². The highest BCUT2D eigenvalue weighted by molar-refractivity contribution is 7.11. The van der Waals surface area contributed by atoms with E-state index in [1.54, 1.807) is 17.5 Å². The summed E-state index contributed by atoms with van der Waals surface area (Å²) in [7, 11) is 0. The van der Waals surface area contributed by atoms with Gasteiger partial charge >= 0.3 is 5.97 Å². The number of hydrogen-bond acceptors (Lipinski definition) is 2. The summed E-state index contributed by atoms with van der Waals surface area (Å²) in [5.74, 6) is -0.847. The number of carboxylic acids is 1. The van der Waals surface area contributed by atoms with Gasteiger partial charge in [-0.2, -0.15) is 0 Å². The van der Waals surface area contributed by atoms with Gasteiger partial charge in [0, 0.05) is 0 Å². The zero-order chi connectivity index (χ0) is 15.6. The van der Waals surface area contributed by atoms with E-state index in [1.165, 1.54) is 22.5 Å². The summed E-state index contributed by atoms with van der Waals surface area (Å²) < 4.78 is 0. The first-order valence-corrected chi connectivity index (χ1v) is 7.98. The van der Waals surface area contributed by atoms with Crippen LogP contribution in [-0.2, 0) is 12.8 Å². The third-order valence-electron chi connectivity index (χ3n) is 3.12. The number of carboxylic acid groups (broad SMARTS) is 1. The standard InChI is InChI=1S/C14H14.C5H4O2S/c1-3-7-13(8-4-1)11-12-14-9-5-2-6-10-14;6-5(7)4-2-1-3-8-4/h1-10H,11-12H2;1-3H,(H,6,7). The molecule has 22 heavy (non-hydrogen) atoms. The molecule has 3 heteroatoms. The fourth-order valence-electron chi connectivity index (χ4n) is 1.98. The Hall–Kier alpha value is -2.39. The quantitative estimate of drug-likeness (QED) is 0.743. The fourth-order valence-corrected chi connectivity index (χ4v) is 2.54. The highest BCUT2D eigenvalue weighted by Gasteiger charge is 1.99. The molecule has 2 aromatic carbocycles. The van der Waals surface area contributed by atoms with Gasteiger partial charge < -0.3 is 5.11 Å². The maximum atomic E-state index is 10.1. The molecule has 0 aliphatic rings. The third-order valence-corrected chi connectivity index (χ3v) is 3.98. The van der Waals surface area contributed by atoms with Crippen molar-refractivity contribution in [3.05, 3.63) is 94.2 Å². The van der Waals surface area contributed by atoms with Crippen molar-refractivity contribution < 1.29 is 9.90 Å². The van der Waals surface area contributed by atoms with Crippen LogP contribution in [0.25, 0.3) is 0 Å². The van der Waals surface area contributed by atoms with E-state index in [0.717, 1.165) is 12.8 Å². The average molecular weight is 310 g/mol. The number of aromatic carboxylic acids is 1. The van der Waals surface area contributed by atoms with Gasteiger partial charge in [0.1, 0.15) is 4.88 Å². The number of hydrogen-bond donors (Lipinski definition) is 1. The largest absolute Gasteiger partial charge is 0.477 e. The summed E-state index contributed by atoms with van der Waals surface area (Å²) in [6, 6.07) is 24.5. The van der Waals surface area contributed by atoms with E-state index < -0.39 is 5.97 Å². The van der Waals surface area contributed by atoms with E-state index in [4.69, 9.17) is 5.11 Å². The first kappa shape index (κ1) is 16.0. The Kier molecular flexibility index (Phi) is 6.39. The van der Waals surface area contributed by atoms with Gasteiger partial charge in [-0.3, -0.25) is 0 Å². The first-order valence-electron chi connectivity index (χ1n) is 7.10. The number of rotatable bonds is 4. The van der Waals surface area contributed by atoms with Gasteiger partial charge in [0.2, 0.25) is 0 Å². The predicted octanol–water partition coefficient (Wildman–Crippen LogP) is 4.92. The van der Waals surface area contributed by atoms with Crippen molar-refractivity contribution >= 4 is 17.3 Å². The van der Waals surface area contributed by atoms with Crippen LogP contribution in [0.2, 0.25) is 0 Å². The van der Waals surface area contributed by atoms with Crippen LogP contribution < -0.4 is 0 Å². The lowest BCUT2D eigenvalue weighted by molar-refractivity contribution is 0.0702. The summed E-state index contributed by atoms with van der Waals surface area (Å²) in [6.45, 7) is 0. The minimum atomic E-state index is -0.847. The van der Waals surface area contributed by atoms with E-state index >= 15 is 0 Å². The van der Waals surface area contributed by atoms with Gasteiger partial charge in [0.05, 0.1) is 0 Å². The van der Waals surface area contributed by atoms with Crippen LogP contribution in [0, 0.1) is 0 Å². The molecule has 1 N–H and O–H groups in total. The molecule has 3 rings (SSSR count). The number of benzene rings is 2. The number of carbonyl (C=O) groups is 1. The van der Waals surface area contributed by atoms with Crippen LogP contribution >= 0.6 is 11.3 Å². The van der Waals surface area contributed by atoms with Crippen molar-refractivity contribution in [3.8, 4) is 0 Å². The molecule has 0 saturated heterocycles. The molecule has 0 saturated carbocycles. The molecular formula is C19H18O2S. The zero-order valence-electron chi connectivity index (χ0n) is 12.2. The molecule has 3 aromatic rings. The van der Waals surface area contributed by atoms with Crippen molar-refractivity contribution in [1.82, 2.24) is 0 Å². The van der Waals surface area contributed by atoms with Crippen LogP contribution in [0.15, 0.2) is 78.2 Å². The highest BCUT2D eigenvalue weighted by atomic mass is 32.1. The normalized spacial score (nSPS) is 9.64. The second-order valence-electron chi connectivity index (χ2n) is 4.75. The van der Waals surface area contributed by atoms with E-state index in [9.17, 15) is 4.79 Å². The van der Waals surface area contributed by atoms with Crippen LogP contribution in [0.4, 0.5) is 0 Å². The van der Waals surface area contributed by atoms with Crippen molar-refractivity contribution in [2.75, 3.05) is 0 Å². The van der Waals surface area contributed by atoms with Crippen LogP contribution in [0.3, 0.4) is 0 Å². The Morgan fingerprint density at radius 2 is 1.27 bits per heavy atom. The lowest BCUT2D eigenvalue weighted by Gasteiger charge is -2.01. The molecule has 2 nitrogen and oxygen atoms in total. The Morgan fingerprint density at radius 1 is 0.773 bits per heavy atom. The van der Waals surface area contributed by atoms with Gasteiger partial charge in [-0.05, 0) is 35.4 Å². The topological polar surface area (TPSA) is 37.3 Å². The van der Waals surface area contributed by atoms with E-state index in [-0.39, 0.29) is 0 Å². The van der Waals surface area contributed by atoms with E-state index in [2.05, 4.69) is 60.7 Å². The Morgan fingerprint density at radius 3 is 1.59 bits per heavy atom. The molecular weight excluding hydrogens is 292 g/mol. The van der Waals surface area contributed by atoms with Crippen molar-refractivity contribution in [2.24, 2.45) is 0 Å². The maximum Gasteiger partial charge on any atom is 0.345 e. The minimum Gasteiger partial charge on any atom is -0.477 e. The third kappa shape index (κ3) is 5.54. The van der Waals surface area contributed by atoms with Gasteiger partial charge in [-0.25, -0.2) is 4.79 Å². The average Bonchev–Trinajstić information content (AvgIpc) is 3.10. The molecule has 0 aliphatic heterocycles. The van der Waals surface area contributed by atoms with Gasteiger partial charge in [-0.1, -0.05) is 66.7 Å². The number of thiophene rings is 1. The monoisotopic (exact) mass is 310 g/mol. The number of aryl methyl sites for hydroxylation is 2. The Bertz CT molecular complexity index is 622. The Labute approximate surface area is 134 Å². The minimum absolute atomic E-state index is 0.394. The predicted molar refractivity (Wildman–Crippen MR) is 91.6 cm³/mol. The second kappa shape index (κ2) is 8.80. The molecule has 0 radical (unpaired) electrons. The van der Waals surface area contributed by atoms with Crippen molar-refractivity contribution in [1.29, 1.82) is 0 Å². The SMILES string of the molecule is O=C(O)c1cccs1.c1ccc(CCc2ccccc2)cc1. The molecule has 0 unspecified atom stereocenters. The van der Waals surface area contributed by atoms with Crippen molar-refractivity contribution in [3.63, 3.8) is 0 Å².